The van der Waals surface area contributed by atoms with Crippen molar-refractivity contribution in [3.05, 3.63) is 83.1 Å². The lowest BCUT2D eigenvalue weighted by molar-refractivity contribution is -0.123. The lowest BCUT2D eigenvalue weighted by atomic mass is 9.91. The highest BCUT2D eigenvalue weighted by Gasteiger charge is 2.38. The summed E-state index contributed by atoms with van der Waals surface area (Å²) in [7, 11) is 0. The van der Waals surface area contributed by atoms with Gasteiger partial charge in [-0.05, 0) is 30.2 Å². The van der Waals surface area contributed by atoms with Crippen LogP contribution in [-0.2, 0) is 16.0 Å². The zero-order chi connectivity index (χ0) is 20.4. The highest BCUT2D eigenvalue weighted by Crippen LogP contribution is 2.39. The predicted octanol–water partition coefficient (Wildman–Crippen LogP) is 3.74. The van der Waals surface area contributed by atoms with Crippen LogP contribution in [0.2, 0.25) is 0 Å². The molecule has 0 fully saturated rings. The zero-order valence-corrected chi connectivity index (χ0v) is 16.8. The Morgan fingerprint density at radius 2 is 1.90 bits per heavy atom. The van der Waals surface area contributed by atoms with E-state index in [4.69, 9.17) is 4.42 Å². The molecule has 3 aromatic rings. The van der Waals surface area contributed by atoms with Crippen molar-refractivity contribution in [3.8, 4) is 0 Å². The second-order valence-electron chi connectivity index (χ2n) is 7.32. The maximum atomic E-state index is 15.0. The summed E-state index contributed by atoms with van der Waals surface area (Å²) in [6, 6.07) is 10.1. The van der Waals surface area contributed by atoms with E-state index in [9.17, 15) is 14.0 Å². The Morgan fingerprint density at radius 3 is 2.77 bits per heavy atom. The number of fused-ring (bicyclic) bond motifs is 1. The first kappa shape index (κ1) is 19.3. The van der Waals surface area contributed by atoms with Gasteiger partial charge in [0.2, 0.25) is 0 Å². The molecule has 0 saturated heterocycles. The van der Waals surface area contributed by atoms with Crippen LogP contribution >= 0.6 is 12.4 Å². The molecular weight excluding hydrogens is 421 g/mol. The van der Waals surface area contributed by atoms with Gasteiger partial charge in [-0.25, -0.2) is 4.39 Å². The summed E-state index contributed by atoms with van der Waals surface area (Å²) in [5.41, 5.74) is 3.71. The van der Waals surface area contributed by atoms with Gasteiger partial charge in [0.15, 0.2) is 0 Å². The number of hydrogen-bond acceptors (Lipinski definition) is 5. The van der Waals surface area contributed by atoms with Crippen molar-refractivity contribution in [1.29, 1.82) is 0 Å². The fourth-order valence-electron chi connectivity index (χ4n) is 4.47. The molecule has 0 bridgehead atoms. The van der Waals surface area contributed by atoms with Gasteiger partial charge in [0.05, 0.1) is 28.8 Å². The normalized spacial score (nSPS) is 16.9. The Morgan fingerprint density at radius 1 is 1.06 bits per heavy atom. The number of furan rings is 1. The van der Waals surface area contributed by atoms with Crippen molar-refractivity contribution >= 4 is 52.2 Å². The first-order valence-corrected chi connectivity index (χ1v) is 9.53. The first-order chi connectivity index (χ1) is 14.6. The molecule has 154 valence electrons. The Labute approximate surface area is 182 Å². The molecule has 0 aliphatic carbocycles. The van der Waals surface area contributed by atoms with Gasteiger partial charge in [-0.1, -0.05) is 18.2 Å². The first-order valence-electron chi connectivity index (χ1n) is 9.53. The quantitative estimate of drug-likeness (QED) is 0.622. The third-order valence-corrected chi connectivity index (χ3v) is 5.74. The number of anilines is 1. The van der Waals surface area contributed by atoms with E-state index >= 15 is 0 Å². The van der Waals surface area contributed by atoms with Gasteiger partial charge in [-0.3, -0.25) is 19.9 Å². The fourth-order valence-corrected chi connectivity index (χ4v) is 4.47. The summed E-state index contributed by atoms with van der Waals surface area (Å²) < 4.78 is 20.3. The topological polar surface area (TPSA) is 74.9 Å². The molecule has 8 heteroatoms. The molecule has 0 spiro atoms. The van der Waals surface area contributed by atoms with E-state index in [0.29, 0.717) is 16.7 Å². The third-order valence-electron chi connectivity index (χ3n) is 5.74. The summed E-state index contributed by atoms with van der Waals surface area (Å²) in [6.07, 6.45) is 5.77. The van der Waals surface area contributed by atoms with E-state index in [2.05, 4.69) is 15.2 Å². The van der Waals surface area contributed by atoms with E-state index in [1.54, 1.807) is 12.3 Å². The Bertz CT molecular complexity index is 1390. The molecule has 6 rings (SSSR count). The lowest BCUT2D eigenvalue weighted by Crippen LogP contribution is -2.25. The van der Waals surface area contributed by atoms with Crippen LogP contribution in [0.3, 0.4) is 0 Å². The predicted molar refractivity (Wildman–Crippen MR) is 117 cm³/mol. The minimum Gasteiger partial charge on any atom is -0.464 e. The molecule has 31 heavy (non-hydrogen) atoms. The molecule has 0 atom stereocenters. The molecule has 1 aromatic heterocycles. The molecule has 4 heterocycles. The van der Waals surface area contributed by atoms with Gasteiger partial charge in [-0.15, -0.1) is 12.4 Å². The number of para-hydroxylation sites is 1. The summed E-state index contributed by atoms with van der Waals surface area (Å²) >= 11 is 0. The number of imide groups is 1. The average Bonchev–Trinajstić information content (AvgIpc) is 3.40. The standard InChI is InChI=1S/C23H14FN3O3.ClH/c24-15-4-5-16-13(7-11-30-16)17(15)18-19(23(29)26-22(18)28)20-14-3-1-2-12-6-9-27(21(12)14)10-8-25-20;/h1-5,7-8,10-11H,6,9H2,(H,26,28,29);1H. The molecule has 3 aliphatic heterocycles. The highest BCUT2D eigenvalue weighted by atomic mass is 35.5. The van der Waals surface area contributed by atoms with Crippen LogP contribution in [0.15, 0.2) is 70.0 Å². The SMILES string of the molecule is Cl.O=C1NC(=O)C(c2c(F)ccc3occc23)=C1C1=NC=CN2CCc3cccc1c32. The highest BCUT2D eigenvalue weighted by molar-refractivity contribution is 6.48. The van der Waals surface area contributed by atoms with Crippen molar-refractivity contribution in [2.24, 2.45) is 4.99 Å². The molecule has 2 aromatic carbocycles. The van der Waals surface area contributed by atoms with E-state index in [1.807, 2.05) is 24.4 Å². The van der Waals surface area contributed by atoms with E-state index in [1.165, 1.54) is 18.4 Å². The molecule has 0 radical (unpaired) electrons. The minimum atomic E-state index is -0.650. The van der Waals surface area contributed by atoms with Crippen molar-refractivity contribution in [3.63, 3.8) is 0 Å². The van der Waals surface area contributed by atoms with Gasteiger partial charge >= 0.3 is 0 Å². The van der Waals surface area contributed by atoms with Crippen LogP contribution in [0.1, 0.15) is 16.7 Å². The van der Waals surface area contributed by atoms with Gasteiger partial charge in [0.1, 0.15) is 11.4 Å². The fraction of sp³-hybridized carbons (Fsp3) is 0.0870. The van der Waals surface area contributed by atoms with Crippen molar-refractivity contribution in [2.75, 3.05) is 11.4 Å². The van der Waals surface area contributed by atoms with Crippen LogP contribution in [0.4, 0.5) is 10.1 Å². The summed E-state index contributed by atoms with van der Waals surface area (Å²) in [5.74, 6) is -1.85. The number of carbonyl (C=O) groups excluding carboxylic acids is 2. The monoisotopic (exact) mass is 435 g/mol. The van der Waals surface area contributed by atoms with Gasteiger partial charge < -0.3 is 9.32 Å². The number of halogens is 2. The molecule has 1 N–H and O–H groups in total. The maximum Gasteiger partial charge on any atom is 0.261 e. The number of aliphatic imine (C=N–C) groups is 1. The zero-order valence-electron chi connectivity index (χ0n) is 16.0. The van der Waals surface area contributed by atoms with E-state index in [0.717, 1.165) is 29.8 Å². The number of amides is 2. The van der Waals surface area contributed by atoms with Crippen LogP contribution in [-0.4, -0.2) is 24.1 Å². The van der Waals surface area contributed by atoms with Crippen LogP contribution in [0.5, 0.6) is 0 Å². The second kappa shape index (κ2) is 6.92. The molecule has 2 amide bonds. The number of hydrogen-bond donors (Lipinski definition) is 1. The molecule has 6 nitrogen and oxygen atoms in total. The Kier molecular flexibility index (Phi) is 4.30. The summed E-state index contributed by atoms with van der Waals surface area (Å²) in [5, 5.41) is 2.75. The largest absolute Gasteiger partial charge is 0.464 e. The summed E-state index contributed by atoms with van der Waals surface area (Å²) in [4.78, 5) is 32.3. The van der Waals surface area contributed by atoms with Crippen molar-refractivity contribution in [2.45, 2.75) is 6.42 Å². The number of rotatable bonds is 2. The maximum absolute atomic E-state index is 15.0. The molecular formula is C23H15ClFN3O3. The Hall–Kier alpha value is -3.71. The Balaban J connectivity index is 0.00000204. The molecule has 3 aliphatic rings. The molecule has 0 unspecified atom stereocenters. The summed E-state index contributed by atoms with van der Waals surface area (Å²) in [6.45, 7) is 0.811. The number of carbonyl (C=O) groups is 2. The third kappa shape index (κ3) is 2.67. The smallest absolute Gasteiger partial charge is 0.261 e. The van der Waals surface area contributed by atoms with E-state index < -0.39 is 17.6 Å². The van der Waals surface area contributed by atoms with Gasteiger partial charge in [0, 0.05) is 35.5 Å². The van der Waals surface area contributed by atoms with Gasteiger partial charge in [0.25, 0.3) is 11.8 Å². The number of benzene rings is 2. The average molecular weight is 436 g/mol. The van der Waals surface area contributed by atoms with Crippen molar-refractivity contribution < 1.29 is 18.4 Å². The molecule has 0 saturated carbocycles. The van der Waals surface area contributed by atoms with Crippen LogP contribution < -0.4 is 10.2 Å². The number of nitrogens with one attached hydrogen (secondary N) is 1. The minimum absolute atomic E-state index is 0. The second-order valence-corrected chi connectivity index (χ2v) is 7.32. The lowest BCUT2D eigenvalue weighted by Gasteiger charge is -2.17. The van der Waals surface area contributed by atoms with Crippen LogP contribution in [0, 0.1) is 5.82 Å². The van der Waals surface area contributed by atoms with Gasteiger partial charge in [-0.2, -0.15) is 0 Å². The number of nitrogens with zero attached hydrogens (tertiary/aromatic N) is 2. The van der Waals surface area contributed by atoms with Crippen molar-refractivity contribution in [1.82, 2.24) is 5.32 Å². The van der Waals surface area contributed by atoms with Crippen LogP contribution in [0.25, 0.3) is 16.5 Å². The van der Waals surface area contributed by atoms with E-state index in [-0.39, 0.29) is 29.1 Å².